The van der Waals surface area contributed by atoms with E-state index in [1.807, 2.05) is 13.0 Å². The number of anilines is 2. The van der Waals surface area contributed by atoms with Crippen LogP contribution in [0.4, 0.5) is 23.9 Å². The van der Waals surface area contributed by atoms with Gasteiger partial charge in [-0.1, -0.05) is 6.92 Å². The van der Waals surface area contributed by atoms with Crippen LogP contribution < -0.4 is 10.6 Å². The minimum atomic E-state index is -1.66. The lowest BCUT2D eigenvalue weighted by molar-refractivity contribution is -0.119. The molecule has 154 valence electrons. The Morgan fingerprint density at radius 3 is 2.55 bits per heavy atom. The normalized spacial score (nSPS) is 10.6. The van der Waals surface area contributed by atoms with Crippen molar-refractivity contribution in [2.24, 2.45) is 0 Å². The lowest BCUT2D eigenvalue weighted by Crippen LogP contribution is -2.36. The van der Waals surface area contributed by atoms with Crippen LogP contribution in [0.25, 0.3) is 0 Å². The Bertz CT molecular complexity index is 927. The summed E-state index contributed by atoms with van der Waals surface area (Å²) >= 11 is 1.24. The van der Waals surface area contributed by atoms with Gasteiger partial charge in [0.2, 0.25) is 11.8 Å². The van der Waals surface area contributed by atoms with E-state index in [2.05, 4.69) is 10.6 Å². The van der Waals surface area contributed by atoms with E-state index in [-0.39, 0.29) is 25.4 Å². The molecule has 2 rings (SSSR count). The summed E-state index contributed by atoms with van der Waals surface area (Å²) in [5, 5.41) is 16.0. The number of nitrogens with one attached hydrogen (secondary N) is 2. The number of nitrogens with zero attached hydrogens (tertiary/aromatic N) is 2. The fourth-order valence-electron chi connectivity index (χ4n) is 2.54. The third-order valence-corrected chi connectivity index (χ3v) is 4.74. The minimum Gasteiger partial charge on any atom is -0.322 e. The SMILES string of the molecule is CCCN(CCC(=O)Nc1sccc1C#N)CC(=O)Nc1ccc(F)c(F)c1F. The van der Waals surface area contributed by atoms with Crippen LogP contribution in [0.3, 0.4) is 0 Å². The molecule has 0 saturated heterocycles. The summed E-state index contributed by atoms with van der Waals surface area (Å²) in [7, 11) is 0. The molecule has 0 fully saturated rings. The number of thiophene rings is 1. The molecular formula is C19H19F3N4O2S. The number of halogens is 3. The molecule has 0 radical (unpaired) electrons. The fraction of sp³-hybridized carbons (Fsp3) is 0.316. The van der Waals surface area contributed by atoms with Crippen molar-refractivity contribution < 1.29 is 22.8 Å². The highest BCUT2D eigenvalue weighted by Gasteiger charge is 2.17. The van der Waals surface area contributed by atoms with E-state index in [0.717, 1.165) is 12.1 Å². The number of amides is 2. The molecule has 0 aliphatic rings. The van der Waals surface area contributed by atoms with Gasteiger partial charge < -0.3 is 10.6 Å². The van der Waals surface area contributed by atoms with Crippen molar-refractivity contribution in [3.05, 3.63) is 46.6 Å². The second kappa shape index (κ2) is 10.6. The van der Waals surface area contributed by atoms with E-state index in [1.54, 1.807) is 16.3 Å². The molecule has 2 aromatic rings. The maximum absolute atomic E-state index is 13.7. The molecule has 2 amide bonds. The molecule has 0 atom stereocenters. The van der Waals surface area contributed by atoms with Crippen LogP contribution in [0.5, 0.6) is 0 Å². The van der Waals surface area contributed by atoms with Gasteiger partial charge in [-0.25, -0.2) is 13.2 Å². The molecule has 0 spiro atoms. The Morgan fingerprint density at radius 1 is 1.10 bits per heavy atom. The van der Waals surface area contributed by atoms with Crippen LogP contribution in [-0.2, 0) is 9.59 Å². The number of hydrogen-bond acceptors (Lipinski definition) is 5. The van der Waals surface area contributed by atoms with E-state index < -0.39 is 29.0 Å². The van der Waals surface area contributed by atoms with E-state index in [4.69, 9.17) is 5.26 Å². The Morgan fingerprint density at radius 2 is 1.86 bits per heavy atom. The van der Waals surface area contributed by atoms with Gasteiger partial charge in [0, 0.05) is 13.0 Å². The first-order valence-electron chi connectivity index (χ1n) is 8.78. The predicted octanol–water partition coefficient (Wildman–Crippen LogP) is 3.72. The molecule has 1 aromatic carbocycles. The number of rotatable bonds is 9. The molecule has 10 heteroatoms. The Balaban J connectivity index is 1.90. The van der Waals surface area contributed by atoms with Crippen LogP contribution in [0.1, 0.15) is 25.3 Å². The summed E-state index contributed by atoms with van der Waals surface area (Å²) in [6.45, 7) is 2.50. The van der Waals surface area contributed by atoms with Gasteiger partial charge in [0.15, 0.2) is 17.5 Å². The highest BCUT2D eigenvalue weighted by Crippen LogP contribution is 2.22. The van der Waals surface area contributed by atoms with Crippen molar-refractivity contribution in [3.63, 3.8) is 0 Å². The van der Waals surface area contributed by atoms with Crippen molar-refractivity contribution in [2.45, 2.75) is 19.8 Å². The van der Waals surface area contributed by atoms with Crippen LogP contribution in [0.2, 0.25) is 0 Å². The summed E-state index contributed by atoms with van der Waals surface area (Å²) in [5.74, 6) is -5.39. The summed E-state index contributed by atoms with van der Waals surface area (Å²) in [5.41, 5.74) is -0.0773. The van der Waals surface area contributed by atoms with Gasteiger partial charge in [-0.05, 0) is 36.5 Å². The van der Waals surface area contributed by atoms with Gasteiger partial charge in [0.1, 0.15) is 11.1 Å². The number of hydrogen-bond donors (Lipinski definition) is 2. The first-order valence-corrected chi connectivity index (χ1v) is 9.66. The number of carbonyl (C=O) groups excluding carboxylic acids is 2. The molecule has 0 saturated carbocycles. The van der Waals surface area contributed by atoms with Crippen molar-refractivity contribution >= 4 is 33.8 Å². The maximum atomic E-state index is 13.7. The van der Waals surface area contributed by atoms with Crippen LogP contribution in [0, 0.1) is 28.8 Å². The van der Waals surface area contributed by atoms with Gasteiger partial charge >= 0.3 is 0 Å². The van der Waals surface area contributed by atoms with Crippen molar-refractivity contribution in [3.8, 4) is 6.07 Å². The quantitative estimate of drug-likeness (QED) is 0.601. The van der Waals surface area contributed by atoms with Gasteiger partial charge in [0.05, 0.1) is 17.8 Å². The topological polar surface area (TPSA) is 85.2 Å². The monoisotopic (exact) mass is 424 g/mol. The first kappa shape index (κ1) is 22.4. The summed E-state index contributed by atoms with van der Waals surface area (Å²) in [6, 6.07) is 5.25. The largest absolute Gasteiger partial charge is 0.322 e. The molecule has 0 unspecified atom stereocenters. The van der Waals surface area contributed by atoms with Crippen molar-refractivity contribution in [2.75, 3.05) is 30.3 Å². The smallest absolute Gasteiger partial charge is 0.238 e. The number of nitriles is 1. The average Bonchev–Trinajstić information content (AvgIpc) is 3.13. The zero-order chi connectivity index (χ0) is 21.4. The second-order valence-electron chi connectivity index (χ2n) is 6.12. The lowest BCUT2D eigenvalue weighted by Gasteiger charge is -2.21. The average molecular weight is 424 g/mol. The van der Waals surface area contributed by atoms with Crippen molar-refractivity contribution in [1.82, 2.24) is 4.90 Å². The van der Waals surface area contributed by atoms with Crippen molar-refractivity contribution in [1.29, 1.82) is 5.26 Å². The molecule has 2 N–H and O–H groups in total. The maximum Gasteiger partial charge on any atom is 0.238 e. The third-order valence-electron chi connectivity index (χ3n) is 3.91. The van der Waals surface area contributed by atoms with Crippen LogP contribution in [-0.4, -0.2) is 36.3 Å². The van der Waals surface area contributed by atoms with Gasteiger partial charge in [-0.2, -0.15) is 5.26 Å². The summed E-state index contributed by atoms with van der Waals surface area (Å²) in [6.07, 6.45) is 0.785. The van der Waals surface area contributed by atoms with Crippen LogP contribution >= 0.6 is 11.3 Å². The minimum absolute atomic E-state index is 0.0790. The highest BCUT2D eigenvalue weighted by atomic mass is 32.1. The third kappa shape index (κ3) is 6.30. The van der Waals surface area contributed by atoms with Gasteiger partial charge in [-0.15, -0.1) is 11.3 Å². The summed E-state index contributed by atoms with van der Waals surface area (Å²) in [4.78, 5) is 26.0. The molecule has 1 aromatic heterocycles. The molecule has 6 nitrogen and oxygen atoms in total. The van der Waals surface area contributed by atoms with E-state index in [1.165, 1.54) is 11.3 Å². The van der Waals surface area contributed by atoms with E-state index in [9.17, 15) is 22.8 Å². The highest BCUT2D eigenvalue weighted by molar-refractivity contribution is 7.14. The summed E-state index contributed by atoms with van der Waals surface area (Å²) < 4.78 is 39.9. The fourth-order valence-corrected chi connectivity index (χ4v) is 3.30. The van der Waals surface area contributed by atoms with E-state index in [0.29, 0.717) is 23.5 Å². The Labute approximate surface area is 169 Å². The Kier molecular flexibility index (Phi) is 8.18. The molecule has 0 aliphatic heterocycles. The molecule has 0 aliphatic carbocycles. The molecule has 0 bridgehead atoms. The standard InChI is InChI=1S/C19H19F3N4O2S/c1-2-7-26(8-5-15(27)25-19-12(10-23)6-9-29-19)11-16(28)24-14-4-3-13(20)17(21)18(14)22/h3-4,6,9H,2,5,7-8,11H2,1H3,(H,24,28)(H,25,27). The van der Waals surface area contributed by atoms with Gasteiger partial charge in [0.25, 0.3) is 0 Å². The lowest BCUT2D eigenvalue weighted by atomic mass is 10.2. The predicted molar refractivity (Wildman–Crippen MR) is 104 cm³/mol. The van der Waals surface area contributed by atoms with Gasteiger partial charge in [-0.3, -0.25) is 14.5 Å². The first-order chi connectivity index (χ1) is 13.8. The Hall–Kier alpha value is -2.90. The van der Waals surface area contributed by atoms with E-state index >= 15 is 0 Å². The number of carbonyl (C=O) groups is 2. The second-order valence-corrected chi connectivity index (χ2v) is 7.04. The number of benzene rings is 1. The zero-order valence-electron chi connectivity index (χ0n) is 15.6. The molecule has 29 heavy (non-hydrogen) atoms. The van der Waals surface area contributed by atoms with Crippen LogP contribution in [0.15, 0.2) is 23.6 Å². The zero-order valence-corrected chi connectivity index (χ0v) is 16.4. The molecule has 1 heterocycles. The molecular weight excluding hydrogens is 405 g/mol.